The Morgan fingerprint density at radius 3 is 2.45 bits per heavy atom. The van der Waals surface area contributed by atoms with Gasteiger partial charge in [0, 0.05) is 19.6 Å². The molecule has 0 unspecified atom stereocenters. The van der Waals surface area contributed by atoms with Crippen LogP contribution in [0.1, 0.15) is 32.3 Å². The SMILES string of the molecule is CC1(C)CCN(S(=O)(=O)c2cc(CN)ccc2F)CC1. The lowest BCUT2D eigenvalue weighted by atomic mass is 9.83. The Balaban J connectivity index is 2.31. The minimum atomic E-state index is -3.77. The number of sulfonamides is 1. The number of hydrogen-bond donors (Lipinski definition) is 1. The molecule has 0 atom stereocenters. The first kappa shape index (κ1) is 15.4. The lowest BCUT2D eigenvalue weighted by Crippen LogP contribution is -2.41. The molecule has 1 fully saturated rings. The molecule has 20 heavy (non-hydrogen) atoms. The molecule has 1 aromatic rings. The number of nitrogens with two attached hydrogens (primary N) is 1. The van der Waals surface area contributed by atoms with Gasteiger partial charge in [0.25, 0.3) is 0 Å². The molecule has 1 aliphatic heterocycles. The highest BCUT2D eigenvalue weighted by Crippen LogP contribution is 2.32. The van der Waals surface area contributed by atoms with Crippen molar-refractivity contribution >= 4 is 10.0 Å². The van der Waals surface area contributed by atoms with E-state index in [9.17, 15) is 12.8 Å². The monoisotopic (exact) mass is 300 g/mol. The molecule has 1 heterocycles. The van der Waals surface area contributed by atoms with Crippen LogP contribution in [0.5, 0.6) is 0 Å². The number of rotatable bonds is 3. The van der Waals surface area contributed by atoms with Crippen molar-refractivity contribution in [2.75, 3.05) is 13.1 Å². The van der Waals surface area contributed by atoms with Gasteiger partial charge in [-0.1, -0.05) is 19.9 Å². The van der Waals surface area contributed by atoms with Crippen LogP contribution in [0.3, 0.4) is 0 Å². The Morgan fingerprint density at radius 1 is 1.30 bits per heavy atom. The summed E-state index contributed by atoms with van der Waals surface area (Å²) in [6.45, 7) is 5.29. The van der Waals surface area contributed by atoms with E-state index in [2.05, 4.69) is 13.8 Å². The Bertz CT molecular complexity index is 589. The van der Waals surface area contributed by atoms with Crippen LogP contribution in [-0.2, 0) is 16.6 Å². The van der Waals surface area contributed by atoms with Crippen molar-refractivity contribution in [3.8, 4) is 0 Å². The normalized spacial score (nSPS) is 20.0. The van der Waals surface area contributed by atoms with Crippen LogP contribution >= 0.6 is 0 Å². The van der Waals surface area contributed by atoms with Gasteiger partial charge in [0.15, 0.2) is 0 Å². The largest absolute Gasteiger partial charge is 0.326 e. The summed E-state index contributed by atoms with van der Waals surface area (Å²) < 4.78 is 40.3. The maximum absolute atomic E-state index is 13.9. The first-order valence-electron chi connectivity index (χ1n) is 6.75. The second-order valence-corrected chi connectivity index (χ2v) is 7.94. The highest BCUT2D eigenvalue weighted by atomic mass is 32.2. The number of hydrogen-bond acceptors (Lipinski definition) is 3. The lowest BCUT2D eigenvalue weighted by molar-refractivity contribution is 0.195. The minimum absolute atomic E-state index is 0.143. The molecule has 0 amide bonds. The summed E-state index contributed by atoms with van der Waals surface area (Å²) in [6, 6.07) is 4.01. The van der Waals surface area contributed by atoms with Crippen LogP contribution in [0.25, 0.3) is 0 Å². The minimum Gasteiger partial charge on any atom is -0.326 e. The number of nitrogens with zero attached hydrogens (tertiary/aromatic N) is 1. The van der Waals surface area contributed by atoms with Gasteiger partial charge in [-0.2, -0.15) is 4.31 Å². The third-order valence-electron chi connectivity index (χ3n) is 3.93. The molecule has 0 aliphatic carbocycles. The number of halogens is 1. The van der Waals surface area contributed by atoms with Crippen LogP contribution in [-0.4, -0.2) is 25.8 Å². The maximum Gasteiger partial charge on any atom is 0.245 e. The van der Waals surface area contributed by atoms with Crippen molar-refractivity contribution < 1.29 is 12.8 Å². The summed E-state index contributed by atoms with van der Waals surface area (Å²) in [6.07, 6.45) is 1.56. The first-order chi connectivity index (χ1) is 9.26. The molecule has 1 aliphatic rings. The van der Waals surface area contributed by atoms with Crippen molar-refractivity contribution in [3.63, 3.8) is 0 Å². The molecule has 0 aromatic heterocycles. The Morgan fingerprint density at radius 2 is 1.90 bits per heavy atom. The van der Waals surface area contributed by atoms with E-state index >= 15 is 0 Å². The van der Waals surface area contributed by atoms with Gasteiger partial charge in [-0.15, -0.1) is 0 Å². The molecule has 1 aromatic carbocycles. The van der Waals surface area contributed by atoms with Crippen LogP contribution in [0.15, 0.2) is 23.1 Å². The zero-order chi connectivity index (χ0) is 15.0. The fraction of sp³-hybridized carbons (Fsp3) is 0.571. The molecule has 6 heteroatoms. The standard InChI is InChI=1S/C14H21FN2O2S/c1-14(2)5-7-17(8-6-14)20(18,19)13-9-11(10-16)3-4-12(13)15/h3-4,9H,5-8,10,16H2,1-2H3. The molecule has 0 radical (unpaired) electrons. The van der Waals surface area contributed by atoms with Gasteiger partial charge in [-0.05, 0) is 36.0 Å². The highest BCUT2D eigenvalue weighted by molar-refractivity contribution is 7.89. The van der Waals surface area contributed by atoms with E-state index in [0.29, 0.717) is 18.7 Å². The van der Waals surface area contributed by atoms with Gasteiger partial charge in [0.05, 0.1) is 0 Å². The zero-order valence-electron chi connectivity index (χ0n) is 11.9. The van der Waals surface area contributed by atoms with Crippen molar-refractivity contribution in [3.05, 3.63) is 29.6 Å². The van der Waals surface area contributed by atoms with Crippen LogP contribution in [0.2, 0.25) is 0 Å². The van der Waals surface area contributed by atoms with Gasteiger partial charge < -0.3 is 5.73 Å². The van der Waals surface area contributed by atoms with Gasteiger partial charge in [0.1, 0.15) is 10.7 Å². The lowest BCUT2D eigenvalue weighted by Gasteiger charge is -2.36. The van der Waals surface area contributed by atoms with E-state index in [0.717, 1.165) is 12.8 Å². The highest BCUT2D eigenvalue weighted by Gasteiger charge is 2.34. The second-order valence-electron chi connectivity index (χ2n) is 6.04. The second kappa shape index (κ2) is 5.42. The van der Waals surface area contributed by atoms with Gasteiger partial charge >= 0.3 is 0 Å². The predicted molar refractivity (Wildman–Crippen MR) is 76.1 cm³/mol. The topological polar surface area (TPSA) is 63.4 Å². The Kier molecular flexibility index (Phi) is 4.18. The third-order valence-corrected chi connectivity index (χ3v) is 5.84. The average molecular weight is 300 g/mol. The van der Waals surface area contributed by atoms with Crippen LogP contribution in [0, 0.1) is 11.2 Å². The Hall–Kier alpha value is -0.980. The van der Waals surface area contributed by atoms with Crippen molar-refractivity contribution in [2.24, 2.45) is 11.1 Å². The maximum atomic E-state index is 13.9. The van der Waals surface area contributed by atoms with E-state index in [4.69, 9.17) is 5.73 Å². The average Bonchev–Trinajstić information content (AvgIpc) is 2.38. The van der Waals surface area contributed by atoms with Crippen LogP contribution < -0.4 is 5.73 Å². The number of benzene rings is 1. The molecule has 1 saturated heterocycles. The summed E-state index contributed by atoms with van der Waals surface area (Å²) >= 11 is 0. The fourth-order valence-electron chi connectivity index (χ4n) is 2.34. The molecule has 2 N–H and O–H groups in total. The quantitative estimate of drug-likeness (QED) is 0.929. The molecule has 2 rings (SSSR count). The first-order valence-corrected chi connectivity index (χ1v) is 8.19. The smallest absolute Gasteiger partial charge is 0.245 e. The predicted octanol–water partition coefficient (Wildman–Crippen LogP) is 2.10. The molecular weight excluding hydrogens is 279 g/mol. The summed E-state index contributed by atoms with van der Waals surface area (Å²) in [5.74, 6) is -0.716. The van der Waals surface area contributed by atoms with Gasteiger partial charge in [-0.3, -0.25) is 0 Å². The van der Waals surface area contributed by atoms with Crippen molar-refractivity contribution in [2.45, 2.75) is 38.1 Å². The van der Waals surface area contributed by atoms with E-state index in [1.54, 1.807) is 0 Å². The molecule has 0 spiro atoms. The summed E-state index contributed by atoms with van der Waals surface area (Å²) in [5.41, 5.74) is 6.25. The third kappa shape index (κ3) is 3.02. The summed E-state index contributed by atoms with van der Waals surface area (Å²) in [4.78, 5) is -0.264. The van der Waals surface area contributed by atoms with Crippen molar-refractivity contribution in [1.29, 1.82) is 0 Å². The fourth-order valence-corrected chi connectivity index (χ4v) is 3.90. The van der Waals surface area contributed by atoms with E-state index in [1.807, 2.05) is 0 Å². The van der Waals surface area contributed by atoms with E-state index < -0.39 is 15.8 Å². The number of piperidine rings is 1. The molecule has 0 saturated carbocycles. The van der Waals surface area contributed by atoms with Crippen LogP contribution in [0.4, 0.5) is 4.39 Å². The molecule has 112 valence electrons. The van der Waals surface area contributed by atoms with Gasteiger partial charge in [-0.25, -0.2) is 12.8 Å². The zero-order valence-corrected chi connectivity index (χ0v) is 12.7. The van der Waals surface area contributed by atoms with Crippen molar-refractivity contribution in [1.82, 2.24) is 4.31 Å². The summed E-state index contributed by atoms with van der Waals surface area (Å²) in [5, 5.41) is 0. The molecule has 0 bridgehead atoms. The Labute approximate surface area is 119 Å². The van der Waals surface area contributed by atoms with E-state index in [-0.39, 0.29) is 16.9 Å². The van der Waals surface area contributed by atoms with E-state index in [1.165, 1.54) is 22.5 Å². The molecule has 4 nitrogen and oxygen atoms in total. The molecular formula is C14H21FN2O2S. The summed E-state index contributed by atoms with van der Waals surface area (Å²) in [7, 11) is -3.77. The van der Waals surface area contributed by atoms with Gasteiger partial charge in [0.2, 0.25) is 10.0 Å².